The highest BCUT2D eigenvalue weighted by Gasteiger charge is 2.28. The molecule has 1 saturated heterocycles. The molecule has 19 heavy (non-hydrogen) atoms. The minimum atomic E-state index is -0.290. The maximum absolute atomic E-state index is 12.8. The molecule has 0 bridgehead atoms. The predicted octanol–water partition coefficient (Wildman–Crippen LogP) is 1.47. The Morgan fingerprint density at radius 1 is 1.32 bits per heavy atom. The van der Waals surface area contributed by atoms with Crippen LogP contribution < -0.4 is 10.2 Å². The lowest BCUT2D eigenvalue weighted by molar-refractivity contribution is -0.919. The van der Waals surface area contributed by atoms with Gasteiger partial charge >= 0.3 is 0 Å². The first-order chi connectivity index (χ1) is 9.06. The van der Waals surface area contributed by atoms with Crippen LogP contribution >= 0.6 is 0 Å². The molecule has 0 saturated carbocycles. The van der Waals surface area contributed by atoms with E-state index in [1.807, 2.05) is 6.92 Å². The molecule has 0 aromatic heterocycles. The normalized spacial score (nSPS) is 24.8. The summed E-state index contributed by atoms with van der Waals surface area (Å²) >= 11 is 0. The van der Waals surface area contributed by atoms with Crippen LogP contribution in [-0.4, -0.2) is 25.0 Å². The molecule has 0 spiro atoms. The number of hydrogen-bond acceptors (Lipinski definition) is 1. The Morgan fingerprint density at radius 3 is 2.47 bits per heavy atom. The van der Waals surface area contributed by atoms with Gasteiger partial charge in [-0.3, -0.25) is 4.79 Å². The number of benzene rings is 1. The molecule has 1 fully saturated rings. The van der Waals surface area contributed by atoms with Crippen molar-refractivity contribution in [2.24, 2.45) is 5.92 Å². The summed E-state index contributed by atoms with van der Waals surface area (Å²) in [5.74, 6) is 0.494. The lowest BCUT2D eigenvalue weighted by Crippen LogP contribution is -3.17. The van der Waals surface area contributed by atoms with Gasteiger partial charge in [-0.2, -0.15) is 0 Å². The van der Waals surface area contributed by atoms with E-state index in [0.29, 0.717) is 5.69 Å². The third kappa shape index (κ3) is 3.77. The van der Waals surface area contributed by atoms with E-state index >= 15 is 0 Å². The molecular formula is C15H22FN2O+. The zero-order chi connectivity index (χ0) is 13.8. The number of carbonyl (C=O) groups excluding carboxylic acids is 1. The SMILES string of the molecule is CC1CC[NH+]([C@@H](C)C(=O)Nc2ccc(F)cc2)CC1. The summed E-state index contributed by atoms with van der Waals surface area (Å²) in [4.78, 5) is 13.5. The number of rotatable bonds is 3. The molecule has 1 heterocycles. The first kappa shape index (κ1) is 14.0. The molecule has 0 radical (unpaired) electrons. The summed E-state index contributed by atoms with van der Waals surface area (Å²) < 4.78 is 12.8. The zero-order valence-electron chi connectivity index (χ0n) is 11.6. The Morgan fingerprint density at radius 2 is 1.89 bits per heavy atom. The van der Waals surface area contributed by atoms with E-state index in [-0.39, 0.29) is 17.8 Å². The number of halogens is 1. The highest BCUT2D eigenvalue weighted by Crippen LogP contribution is 2.09. The average molecular weight is 265 g/mol. The molecule has 2 N–H and O–H groups in total. The molecule has 1 aliphatic heterocycles. The molecular weight excluding hydrogens is 243 g/mol. The summed E-state index contributed by atoms with van der Waals surface area (Å²) in [7, 11) is 0. The van der Waals surface area contributed by atoms with Crippen LogP contribution in [0.1, 0.15) is 26.7 Å². The van der Waals surface area contributed by atoms with E-state index in [2.05, 4.69) is 12.2 Å². The number of quaternary nitrogens is 1. The van der Waals surface area contributed by atoms with Crippen molar-refractivity contribution in [3.63, 3.8) is 0 Å². The second-order valence-corrected chi connectivity index (χ2v) is 5.56. The van der Waals surface area contributed by atoms with Crippen molar-refractivity contribution >= 4 is 11.6 Å². The van der Waals surface area contributed by atoms with E-state index in [4.69, 9.17) is 0 Å². The lowest BCUT2D eigenvalue weighted by atomic mass is 9.98. The third-order valence-corrected chi connectivity index (χ3v) is 4.03. The lowest BCUT2D eigenvalue weighted by Gasteiger charge is -2.31. The number of anilines is 1. The van der Waals surface area contributed by atoms with Crippen molar-refractivity contribution in [3.05, 3.63) is 30.1 Å². The van der Waals surface area contributed by atoms with Gasteiger partial charge in [0.05, 0.1) is 13.1 Å². The average Bonchev–Trinajstić information content (AvgIpc) is 2.41. The van der Waals surface area contributed by atoms with Crippen LogP contribution in [0.5, 0.6) is 0 Å². The Hall–Kier alpha value is -1.42. The Bertz CT molecular complexity index is 424. The van der Waals surface area contributed by atoms with E-state index in [0.717, 1.165) is 19.0 Å². The number of carbonyl (C=O) groups is 1. The first-order valence-electron chi connectivity index (χ1n) is 6.97. The fourth-order valence-electron chi connectivity index (χ4n) is 2.54. The highest BCUT2D eigenvalue weighted by atomic mass is 19.1. The topological polar surface area (TPSA) is 33.5 Å². The quantitative estimate of drug-likeness (QED) is 0.852. The maximum atomic E-state index is 12.8. The molecule has 4 heteroatoms. The molecule has 1 atom stereocenters. The molecule has 0 aliphatic carbocycles. The van der Waals surface area contributed by atoms with Crippen molar-refractivity contribution in [3.8, 4) is 0 Å². The largest absolute Gasteiger partial charge is 0.325 e. The number of likely N-dealkylation sites (tertiary alicyclic amines) is 1. The molecule has 1 aliphatic rings. The van der Waals surface area contributed by atoms with Gasteiger partial charge in [0, 0.05) is 5.69 Å². The van der Waals surface area contributed by atoms with Crippen molar-refractivity contribution in [2.75, 3.05) is 18.4 Å². The van der Waals surface area contributed by atoms with Crippen LogP contribution in [0.2, 0.25) is 0 Å². The van der Waals surface area contributed by atoms with Crippen molar-refractivity contribution in [2.45, 2.75) is 32.7 Å². The van der Waals surface area contributed by atoms with Gasteiger partial charge in [-0.1, -0.05) is 6.92 Å². The van der Waals surface area contributed by atoms with Crippen molar-refractivity contribution in [1.29, 1.82) is 0 Å². The molecule has 0 unspecified atom stereocenters. The van der Waals surface area contributed by atoms with Gasteiger partial charge < -0.3 is 10.2 Å². The molecule has 3 nitrogen and oxygen atoms in total. The second-order valence-electron chi connectivity index (χ2n) is 5.56. The van der Waals surface area contributed by atoms with Crippen LogP contribution in [0.4, 0.5) is 10.1 Å². The second kappa shape index (κ2) is 6.15. The van der Waals surface area contributed by atoms with Gasteiger partial charge in [-0.25, -0.2) is 4.39 Å². The first-order valence-corrected chi connectivity index (χ1v) is 6.97. The van der Waals surface area contributed by atoms with Crippen LogP contribution in [0, 0.1) is 11.7 Å². The Kier molecular flexibility index (Phi) is 4.53. The molecule has 2 rings (SSSR count). The van der Waals surface area contributed by atoms with Crippen molar-refractivity contribution < 1.29 is 14.1 Å². The molecule has 104 valence electrons. The Balaban J connectivity index is 1.90. The maximum Gasteiger partial charge on any atom is 0.282 e. The fourth-order valence-corrected chi connectivity index (χ4v) is 2.54. The number of piperidine rings is 1. The summed E-state index contributed by atoms with van der Waals surface area (Å²) in [6.45, 7) is 6.34. The Labute approximate surface area is 113 Å². The zero-order valence-corrected chi connectivity index (χ0v) is 11.6. The third-order valence-electron chi connectivity index (χ3n) is 4.03. The number of nitrogens with one attached hydrogen (secondary N) is 2. The summed E-state index contributed by atoms with van der Waals surface area (Å²) in [5, 5.41) is 2.85. The molecule has 1 aromatic carbocycles. The van der Waals surface area contributed by atoms with E-state index in [1.165, 1.54) is 29.9 Å². The van der Waals surface area contributed by atoms with E-state index in [1.54, 1.807) is 12.1 Å². The van der Waals surface area contributed by atoms with Crippen molar-refractivity contribution in [1.82, 2.24) is 0 Å². The van der Waals surface area contributed by atoms with Gasteiger partial charge in [-0.15, -0.1) is 0 Å². The number of hydrogen-bond donors (Lipinski definition) is 2. The number of amides is 1. The standard InChI is InChI=1S/C15H21FN2O/c1-11-7-9-18(10-8-11)12(2)15(19)17-14-5-3-13(16)4-6-14/h3-6,11-12H,7-10H2,1-2H3,(H,17,19)/p+1/t12-/m0/s1. The van der Waals surface area contributed by atoms with Crippen LogP contribution in [0.3, 0.4) is 0 Å². The van der Waals surface area contributed by atoms with Crippen LogP contribution in [-0.2, 0) is 4.79 Å². The van der Waals surface area contributed by atoms with Gasteiger partial charge in [0.1, 0.15) is 5.82 Å². The van der Waals surface area contributed by atoms with Crippen LogP contribution in [0.25, 0.3) is 0 Å². The fraction of sp³-hybridized carbons (Fsp3) is 0.533. The van der Waals surface area contributed by atoms with Gasteiger partial charge in [-0.05, 0) is 49.9 Å². The smallest absolute Gasteiger partial charge is 0.282 e. The highest BCUT2D eigenvalue weighted by molar-refractivity contribution is 5.93. The summed E-state index contributed by atoms with van der Waals surface area (Å²) in [6.07, 6.45) is 2.37. The molecule has 1 amide bonds. The monoisotopic (exact) mass is 265 g/mol. The minimum absolute atomic E-state index is 0.0103. The van der Waals surface area contributed by atoms with E-state index < -0.39 is 0 Å². The summed E-state index contributed by atoms with van der Waals surface area (Å²) in [6, 6.07) is 5.84. The van der Waals surface area contributed by atoms with E-state index in [9.17, 15) is 9.18 Å². The van der Waals surface area contributed by atoms with Gasteiger partial charge in [0.25, 0.3) is 5.91 Å². The summed E-state index contributed by atoms with van der Waals surface area (Å²) in [5.41, 5.74) is 0.656. The predicted molar refractivity (Wildman–Crippen MR) is 73.6 cm³/mol. The minimum Gasteiger partial charge on any atom is -0.325 e. The van der Waals surface area contributed by atoms with Crippen LogP contribution in [0.15, 0.2) is 24.3 Å². The van der Waals surface area contributed by atoms with Gasteiger partial charge in [0.2, 0.25) is 0 Å². The van der Waals surface area contributed by atoms with Gasteiger partial charge in [0.15, 0.2) is 6.04 Å². The molecule has 1 aromatic rings.